The number of carbonyl (C=O) groups excluding carboxylic acids is 1. The molecular weight excluding hydrogens is 392 g/mol. The van der Waals surface area contributed by atoms with Crippen LogP contribution in [0.4, 0.5) is 5.82 Å². The van der Waals surface area contributed by atoms with E-state index in [2.05, 4.69) is 28.1 Å². The molecule has 1 unspecified atom stereocenters. The van der Waals surface area contributed by atoms with Crippen molar-refractivity contribution in [2.45, 2.75) is 83.6 Å². The maximum absolute atomic E-state index is 12.6. The summed E-state index contributed by atoms with van der Waals surface area (Å²) in [7, 11) is 0. The molecule has 1 amide bonds. The lowest BCUT2D eigenvalue weighted by atomic mass is 9.80. The molecule has 1 aromatic heterocycles. The lowest BCUT2D eigenvalue weighted by Crippen LogP contribution is -2.50. The van der Waals surface area contributed by atoms with E-state index in [1.54, 1.807) is 0 Å². The third kappa shape index (κ3) is 6.92. The molecule has 172 valence electrons. The molecule has 0 bridgehead atoms. The number of nitrogens with one attached hydrogen (secondary N) is 3. The number of carboxylic acids is 1. The number of piperidine rings is 1. The zero-order chi connectivity index (χ0) is 22.1. The number of carbonyl (C=O) groups is 2. The summed E-state index contributed by atoms with van der Waals surface area (Å²) in [6.07, 6.45) is 10.4. The van der Waals surface area contributed by atoms with Crippen LogP contribution in [0.25, 0.3) is 0 Å². The third-order valence-corrected chi connectivity index (χ3v) is 6.74. The smallest absolute Gasteiger partial charge is 0.326 e. The Hall–Kier alpha value is -2.15. The van der Waals surface area contributed by atoms with Crippen molar-refractivity contribution in [3.63, 3.8) is 0 Å². The highest BCUT2D eigenvalue weighted by Gasteiger charge is 2.36. The summed E-state index contributed by atoms with van der Waals surface area (Å²) >= 11 is 0. The molecule has 1 aromatic rings. The second-order valence-corrected chi connectivity index (χ2v) is 9.32. The molecule has 4 N–H and O–H groups in total. The zero-order valence-corrected chi connectivity index (χ0v) is 18.8. The average molecular weight is 431 g/mol. The van der Waals surface area contributed by atoms with Crippen LogP contribution in [0, 0.1) is 5.41 Å². The monoisotopic (exact) mass is 430 g/mol. The SMILES string of the molecule is CC1(C(=O)NC(CCCCCCCc2ccc3c(n2)NCCC3)C(=O)O)CCNCC1. The number of carboxylic acid groups (broad SMARTS) is 1. The van der Waals surface area contributed by atoms with Crippen LogP contribution in [-0.4, -0.2) is 47.6 Å². The molecular formula is C24H38N4O3. The van der Waals surface area contributed by atoms with Crippen molar-refractivity contribution < 1.29 is 14.7 Å². The Kier molecular flexibility index (Phi) is 8.69. The molecule has 7 heteroatoms. The van der Waals surface area contributed by atoms with Crippen molar-refractivity contribution >= 4 is 17.7 Å². The Morgan fingerprint density at radius 3 is 2.65 bits per heavy atom. The van der Waals surface area contributed by atoms with E-state index < -0.39 is 17.4 Å². The number of pyridine rings is 1. The molecule has 3 rings (SSSR count). The van der Waals surface area contributed by atoms with Crippen LogP contribution in [0.5, 0.6) is 0 Å². The minimum atomic E-state index is -0.932. The van der Waals surface area contributed by atoms with E-state index >= 15 is 0 Å². The van der Waals surface area contributed by atoms with Gasteiger partial charge in [0.2, 0.25) is 5.91 Å². The number of fused-ring (bicyclic) bond motifs is 1. The summed E-state index contributed by atoms with van der Waals surface area (Å²) in [4.78, 5) is 29.0. The summed E-state index contributed by atoms with van der Waals surface area (Å²) in [5.41, 5.74) is 2.01. The normalized spacial score (nSPS) is 18.5. The summed E-state index contributed by atoms with van der Waals surface area (Å²) < 4.78 is 0. The predicted molar refractivity (Wildman–Crippen MR) is 122 cm³/mol. The van der Waals surface area contributed by atoms with E-state index in [0.717, 1.165) is 88.9 Å². The first kappa shape index (κ1) is 23.5. The summed E-state index contributed by atoms with van der Waals surface area (Å²) in [5, 5.41) is 18.9. The first-order chi connectivity index (χ1) is 15.0. The molecule has 0 saturated carbocycles. The second kappa shape index (κ2) is 11.5. The predicted octanol–water partition coefficient (Wildman–Crippen LogP) is 3.28. The van der Waals surface area contributed by atoms with Gasteiger partial charge >= 0.3 is 5.97 Å². The van der Waals surface area contributed by atoms with Crippen LogP contribution in [0.1, 0.15) is 76.0 Å². The van der Waals surface area contributed by atoms with Crippen LogP contribution in [0.3, 0.4) is 0 Å². The van der Waals surface area contributed by atoms with Crippen molar-refractivity contribution in [1.82, 2.24) is 15.6 Å². The number of nitrogens with zero attached hydrogens (tertiary/aromatic N) is 1. The van der Waals surface area contributed by atoms with Gasteiger partial charge in [0.25, 0.3) is 0 Å². The Bertz CT molecular complexity index is 746. The van der Waals surface area contributed by atoms with Gasteiger partial charge in [-0.3, -0.25) is 4.79 Å². The van der Waals surface area contributed by atoms with Gasteiger partial charge in [-0.15, -0.1) is 0 Å². The molecule has 7 nitrogen and oxygen atoms in total. The van der Waals surface area contributed by atoms with Crippen molar-refractivity contribution in [3.05, 3.63) is 23.4 Å². The van der Waals surface area contributed by atoms with Crippen LogP contribution >= 0.6 is 0 Å². The number of hydrogen-bond acceptors (Lipinski definition) is 5. The lowest BCUT2D eigenvalue weighted by molar-refractivity contribution is -0.144. The van der Waals surface area contributed by atoms with Crippen LogP contribution in [0.2, 0.25) is 0 Å². The molecule has 0 radical (unpaired) electrons. The number of unbranched alkanes of at least 4 members (excludes halogenated alkanes) is 4. The molecule has 1 atom stereocenters. The van der Waals surface area contributed by atoms with Crippen molar-refractivity contribution in [3.8, 4) is 0 Å². The average Bonchev–Trinajstić information content (AvgIpc) is 2.77. The largest absolute Gasteiger partial charge is 0.480 e. The number of rotatable bonds is 11. The van der Waals surface area contributed by atoms with E-state index in [-0.39, 0.29) is 5.91 Å². The minimum Gasteiger partial charge on any atom is -0.480 e. The lowest BCUT2D eigenvalue weighted by Gasteiger charge is -2.33. The summed E-state index contributed by atoms with van der Waals surface area (Å²) in [6, 6.07) is 3.56. The summed E-state index contributed by atoms with van der Waals surface area (Å²) in [6.45, 7) is 4.56. The fourth-order valence-corrected chi connectivity index (χ4v) is 4.49. The van der Waals surface area contributed by atoms with Gasteiger partial charge in [-0.1, -0.05) is 38.7 Å². The molecule has 3 heterocycles. The number of hydrogen-bond donors (Lipinski definition) is 4. The molecule has 2 aliphatic rings. The highest BCUT2D eigenvalue weighted by Crippen LogP contribution is 2.28. The van der Waals surface area contributed by atoms with Gasteiger partial charge in [0.1, 0.15) is 11.9 Å². The van der Waals surface area contributed by atoms with E-state index in [9.17, 15) is 14.7 Å². The van der Waals surface area contributed by atoms with Crippen molar-refractivity contribution in [2.24, 2.45) is 5.41 Å². The Morgan fingerprint density at radius 1 is 1.13 bits per heavy atom. The maximum atomic E-state index is 12.6. The molecule has 2 aliphatic heterocycles. The Balaban J connectivity index is 1.31. The first-order valence-corrected chi connectivity index (χ1v) is 12.0. The maximum Gasteiger partial charge on any atom is 0.326 e. The zero-order valence-electron chi connectivity index (χ0n) is 18.8. The number of aryl methyl sites for hydroxylation is 2. The highest BCUT2D eigenvalue weighted by molar-refractivity contribution is 5.87. The highest BCUT2D eigenvalue weighted by atomic mass is 16.4. The number of aliphatic carboxylic acids is 1. The Labute approximate surface area is 185 Å². The fraction of sp³-hybridized carbons (Fsp3) is 0.708. The van der Waals surface area contributed by atoms with Gasteiger partial charge in [-0.2, -0.15) is 0 Å². The standard InChI is InChI=1S/C24H38N4O3/c1-24(13-16-25-17-14-24)23(31)28-20(22(29)30)10-6-4-2-3-5-9-19-12-11-18-8-7-15-26-21(18)27-19/h11-12,20,25H,2-10,13-17H2,1H3,(H,26,27)(H,28,31)(H,29,30). The number of amides is 1. The van der Waals surface area contributed by atoms with E-state index in [1.165, 1.54) is 12.0 Å². The van der Waals surface area contributed by atoms with Crippen molar-refractivity contribution in [2.75, 3.05) is 25.0 Å². The van der Waals surface area contributed by atoms with Gasteiger partial charge in [-0.25, -0.2) is 9.78 Å². The van der Waals surface area contributed by atoms with E-state index in [0.29, 0.717) is 6.42 Å². The molecule has 0 aromatic carbocycles. The van der Waals surface area contributed by atoms with Crippen molar-refractivity contribution in [1.29, 1.82) is 0 Å². The first-order valence-electron chi connectivity index (χ1n) is 12.0. The number of aromatic nitrogens is 1. The molecule has 1 saturated heterocycles. The van der Waals surface area contributed by atoms with Gasteiger partial charge in [0.05, 0.1) is 0 Å². The van der Waals surface area contributed by atoms with Gasteiger partial charge in [0.15, 0.2) is 0 Å². The molecule has 0 spiro atoms. The van der Waals surface area contributed by atoms with Crippen LogP contribution in [0.15, 0.2) is 12.1 Å². The van der Waals surface area contributed by atoms with E-state index in [1.807, 2.05) is 6.92 Å². The minimum absolute atomic E-state index is 0.117. The molecule has 0 aliphatic carbocycles. The van der Waals surface area contributed by atoms with Crippen LogP contribution < -0.4 is 16.0 Å². The topological polar surface area (TPSA) is 103 Å². The van der Waals surface area contributed by atoms with Gasteiger partial charge in [-0.05, 0) is 69.7 Å². The van der Waals surface area contributed by atoms with Gasteiger partial charge in [0, 0.05) is 17.7 Å². The molecule has 31 heavy (non-hydrogen) atoms. The van der Waals surface area contributed by atoms with Gasteiger partial charge < -0.3 is 21.1 Å². The summed E-state index contributed by atoms with van der Waals surface area (Å²) in [5.74, 6) is 0.00951. The fourth-order valence-electron chi connectivity index (χ4n) is 4.49. The second-order valence-electron chi connectivity index (χ2n) is 9.32. The number of anilines is 1. The van der Waals surface area contributed by atoms with Crippen LogP contribution in [-0.2, 0) is 22.4 Å². The third-order valence-electron chi connectivity index (χ3n) is 6.74. The Morgan fingerprint density at radius 2 is 1.87 bits per heavy atom. The molecule has 1 fully saturated rings. The quantitative estimate of drug-likeness (QED) is 0.402. The van der Waals surface area contributed by atoms with E-state index in [4.69, 9.17) is 4.98 Å².